The number of hydrogen-bond acceptors (Lipinski definition) is 4. The van der Waals surface area contributed by atoms with Gasteiger partial charge in [-0.05, 0) is 25.8 Å². The molecule has 1 aromatic heterocycles. The van der Waals surface area contributed by atoms with Crippen LogP contribution in [0.3, 0.4) is 0 Å². The first-order valence-electron chi connectivity index (χ1n) is 6.25. The first-order valence-corrected chi connectivity index (χ1v) is 6.63. The molecule has 2 heterocycles. The van der Waals surface area contributed by atoms with E-state index >= 15 is 0 Å². The second kappa shape index (κ2) is 6.17. The summed E-state index contributed by atoms with van der Waals surface area (Å²) >= 11 is 5.89. The van der Waals surface area contributed by atoms with E-state index in [1.165, 1.54) is 12.8 Å². The Morgan fingerprint density at radius 3 is 3.06 bits per heavy atom. The van der Waals surface area contributed by atoms with Crippen molar-refractivity contribution < 1.29 is 0 Å². The normalized spacial score (nSPS) is 19.5. The molecule has 1 fully saturated rings. The van der Waals surface area contributed by atoms with Crippen molar-refractivity contribution in [3.8, 4) is 0 Å². The van der Waals surface area contributed by atoms with Crippen molar-refractivity contribution in [2.45, 2.75) is 32.2 Å². The van der Waals surface area contributed by atoms with Crippen molar-refractivity contribution in [1.29, 1.82) is 0 Å². The Morgan fingerprint density at radius 1 is 1.53 bits per heavy atom. The molecule has 2 rings (SSSR count). The topological polar surface area (TPSA) is 41.0 Å². The monoisotopic (exact) mass is 254 g/mol. The van der Waals surface area contributed by atoms with E-state index in [1.807, 2.05) is 0 Å². The predicted octanol–water partition coefficient (Wildman–Crippen LogP) is 2.10. The van der Waals surface area contributed by atoms with Crippen LogP contribution in [0.2, 0.25) is 5.15 Å². The lowest BCUT2D eigenvalue weighted by atomic mass is 10.2. The van der Waals surface area contributed by atoms with Gasteiger partial charge in [0, 0.05) is 19.1 Å². The summed E-state index contributed by atoms with van der Waals surface area (Å²) in [5, 5.41) is 3.97. The molecule has 1 saturated heterocycles. The van der Waals surface area contributed by atoms with E-state index in [0.717, 1.165) is 31.9 Å². The van der Waals surface area contributed by atoms with Crippen LogP contribution in [0.5, 0.6) is 0 Å². The zero-order chi connectivity index (χ0) is 12.1. The van der Waals surface area contributed by atoms with E-state index in [1.54, 1.807) is 12.4 Å². The van der Waals surface area contributed by atoms with Crippen LogP contribution in [-0.2, 0) is 0 Å². The Hall–Kier alpha value is -0.870. The van der Waals surface area contributed by atoms with E-state index in [2.05, 4.69) is 27.1 Å². The first-order chi connectivity index (χ1) is 8.29. The van der Waals surface area contributed by atoms with Crippen molar-refractivity contribution in [1.82, 2.24) is 15.3 Å². The number of rotatable bonds is 5. The van der Waals surface area contributed by atoms with Crippen LogP contribution in [0, 0.1) is 0 Å². The van der Waals surface area contributed by atoms with Crippen molar-refractivity contribution in [3.63, 3.8) is 0 Å². The highest BCUT2D eigenvalue weighted by Gasteiger charge is 2.18. The molecule has 17 heavy (non-hydrogen) atoms. The molecule has 1 aliphatic rings. The molecule has 4 nitrogen and oxygen atoms in total. The van der Waals surface area contributed by atoms with E-state index in [-0.39, 0.29) is 0 Å². The lowest BCUT2D eigenvalue weighted by molar-refractivity contribution is 0.575. The number of aromatic nitrogens is 2. The molecule has 1 aromatic rings. The Balaban J connectivity index is 2.04. The van der Waals surface area contributed by atoms with Gasteiger partial charge in [-0.15, -0.1) is 0 Å². The van der Waals surface area contributed by atoms with Gasteiger partial charge in [-0.25, -0.2) is 4.98 Å². The third-order valence-electron chi connectivity index (χ3n) is 3.01. The maximum absolute atomic E-state index is 5.89. The third kappa shape index (κ3) is 3.54. The Labute approximate surface area is 107 Å². The summed E-state index contributed by atoms with van der Waals surface area (Å²) in [6, 6.07) is 0.572. The van der Waals surface area contributed by atoms with Crippen molar-refractivity contribution >= 4 is 17.4 Å². The van der Waals surface area contributed by atoms with Gasteiger partial charge in [0.25, 0.3) is 0 Å². The highest BCUT2D eigenvalue weighted by molar-refractivity contribution is 6.29. The van der Waals surface area contributed by atoms with Gasteiger partial charge in [0.15, 0.2) is 0 Å². The highest BCUT2D eigenvalue weighted by atomic mass is 35.5. The van der Waals surface area contributed by atoms with Gasteiger partial charge < -0.3 is 10.2 Å². The minimum atomic E-state index is 0.461. The average Bonchev–Trinajstić information content (AvgIpc) is 2.81. The van der Waals surface area contributed by atoms with Crippen molar-refractivity contribution in [2.75, 3.05) is 24.5 Å². The summed E-state index contributed by atoms with van der Waals surface area (Å²) in [6.45, 7) is 5.29. The minimum absolute atomic E-state index is 0.461. The Morgan fingerprint density at radius 2 is 2.41 bits per heavy atom. The van der Waals surface area contributed by atoms with Crippen LogP contribution in [-0.4, -0.2) is 35.6 Å². The quantitative estimate of drug-likeness (QED) is 0.874. The van der Waals surface area contributed by atoms with Gasteiger partial charge >= 0.3 is 0 Å². The lowest BCUT2D eigenvalue weighted by Crippen LogP contribution is -2.38. The molecule has 0 spiro atoms. The Kier molecular flexibility index (Phi) is 4.57. The van der Waals surface area contributed by atoms with Gasteiger partial charge in [-0.1, -0.05) is 18.5 Å². The highest BCUT2D eigenvalue weighted by Crippen LogP contribution is 2.15. The van der Waals surface area contributed by atoms with Crippen molar-refractivity contribution in [2.24, 2.45) is 0 Å². The van der Waals surface area contributed by atoms with E-state index in [0.29, 0.717) is 11.2 Å². The molecule has 1 atom stereocenters. The molecule has 5 heteroatoms. The average molecular weight is 255 g/mol. The molecule has 94 valence electrons. The summed E-state index contributed by atoms with van der Waals surface area (Å²) in [5.74, 6) is 0.882. The zero-order valence-electron chi connectivity index (χ0n) is 10.2. The zero-order valence-corrected chi connectivity index (χ0v) is 11.0. The van der Waals surface area contributed by atoms with Crippen LogP contribution in [0.4, 0.5) is 5.82 Å². The summed E-state index contributed by atoms with van der Waals surface area (Å²) < 4.78 is 0. The fourth-order valence-electron chi connectivity index (χ4n) is 2.23. The van der Waals surface area contributed by atoms with Crippen LogP contribution < -0.4 is 10.2 Å². The maximum Gasteiger partial charge on any atom is 0.149 e. The summed E-state index contributed by atoms with van der Waals surface area (Å²) in [7, 11) is 0. The SMILES string of the molecule is CCCN(CC1CCCN1)c1cncc(Cl)n1. The number of halogens is 1. The van der Waals surface area contributed by atoms with E-state index in [4.69, 9.17) is 11.6 Å². The Bertz CT molecular complexity index is 352. The van der Waals surface area contributed by atoms with E-state index in [9.17, 15) is 0 Å². The molecule has 1 N–H and O–H groups in total. The largest absolute Gasteiger partial charge is 0.354 e. The molecule has 0 saturated carbocycles. The standard InChI is InChI=1S/C12H19ClN4/c1-2-6-17(9-10-4-3-5-15-10)12-8-14-7-11(13)16-12/h7-8,10,15H,2-6,9H2,1H3. The summed E-state index contributed by atoms with van der Waals surface area (Å²) in [6.07, 6.45) is 6.97. The first kappa shape index (κ1) is 12.6. The fraction of sp³-hybridized carbons (Fsp3) is 0.667. The van der Waals surface area contributed by atoms with Crippen LogP contribution in [0.25, 0.3) is 0 Å². The smallest absolute Gasteiger partial charge is 0.149 e. The van der Waals surface area contributed by atoms with Crippen LogP contribution in [0.1, 0.15) is 26.2 Å². The van der Waals surface area contributed by atoms with E-state index < -0.39 is 0 Å². The fourth-order valence-corrected chi connectivity index (χ4v) is 2.38. The predicted molar refractivity (Wildman–Crippen MR) is 70.6 cm³/mol. The molecule has 0 radical (unpaired) electrons. The molecule has 0 bridgehead atoms. The van der Waals surface area contributed by atoms with Gasteiger partial charge in [0.05, 0.1) is 12.4 Å². The molecule has 0 aliphatic carbocycles. The van der Waals surface area contributed by atoms with Gasteiger partial charge in [0.1, 0.15) is 11.0 Å². The second-order valence-electron chi connectivity index (χ2n) is 4.44. The number of nitrogens with one attached hydrogen (secondary N) is 1. The molecular formula is C12H19ClN4. The summed E-state index contributed by atoms with van der Waals surface area (Å²) in [5.41, 5.74) is 0. The lowest BCUT2D eigenvalue weighted by Gasteiger charge is -2.26. The van der Waals surface area contributed by atoms with Gasteiger partial charge in [0.2, 0.25) is 0 Å². The maximum atomic E-state index is 5.89. The minimum Gasteiger partial charge on any atom is -0.354 e. The molecule has 1 aliphatic heterocycles. The van der Waals surface area contributed by atoms with Crippen LogP contribution >= 0.6 is 11.6 Å². The van der Waals surface area contributed by atoms with Crippen molar-refractivity contribution in [3.05, 3.63) is 17.5 Å². The number of hydrogen-bond donors (Lipinski definition) is 1. The van der Waals surface area contributed by atoms with Gasteiger partial charge in [-0.3, -0.25) is 4.98 Å². The number of anilines is 1. The molecule has 0 amide bonds. The van der Waals surface area contributed by atoms with Crippen LogP contribution in [0.15, 0.2) is 12.4 Å². The molecule has 1 unspecified atom stereocenters. The molecular weight excluding hydrogens is 236 g/mol. The third-order valence-corrected chi connectivity index (χ3v) is 3.20. The second-order valence-corrected chi connectivity index (χ2v) is 4.83. The number of nitrogens with zero attached hydrogens (tertiary/aromatic N) is 3. The molecule has 0 aromatic carbocycles. The van der Waals surface area contributed by atoms with Gasteiger partial charge in [-0.2, -0.15) is 0 Å². The summed E-state index contributed by atoms with van der Waals surface area (Å²) in [4.78, 5) is 10.7.